The Morgan fingerprint density at radius 3 is 2.65 bits per heavy atom. The third-order valence-corrected chi connectivity index (χ3v) is 7.16. The van der Waals surface area contributed by atoms with Crippen molar-refractivity contribution in [2.45, 2.75) is 31.8 Å². The number of nitrogens with one attached hydrogen (secondary N) is 1. The Labute approximate surface area is 184 Å². The zero-order valence-corrected chi connectivity index (χ0v) is 18.8. The number of thiazole rings is 1. The predicted octanol–water partition coefficient (Wildman–Crippen LogP) is 4.62. The molecule has 2 heterocycles. The molecule has 4 rings (SSSR count). The molecule has 0 bridgehead atoms. The van der Waals surface area contributed by atoms with Crippen LogP contribution in [0.15, 0.2) is 65.1 Å². The SMILES string of the molecule is Cc1ccc(OC(C)C(=O)n2ccc3cc(S(=O)(=O)Nc4nccs4)ccc32)cc1C. The molecule has 0 saturated heterocycles. The van der Waals surface area contributed by atoms with E-state index in [4.69, 9.17) is 4.74 Å². The molecule has 0 spiro atoms. The molecule has 31 heavy (non-hydrogen) atoms. The fraction of sp³-hybridized carbons (Fsp3) is 0.182. The minimum Gasteiger partial charge on any atom is -0.481 e. The molecule has 0 radical (unpaired) electrons. The molecule has 0 aliphatic heterocycles. The van der Waals surface area contributed by atoms with Crippen LogP contribution in [0, 0.1) is 13.8 Å². The summed E-state index contributed by atoms with van der Waals surface area (Å²) in [5.74, 6) is 0.381. The van der Waals surface area contributed by atoms with E-state index < -0.39 is 16.1 Å². The van der Waals surface area contributed by atoms with Crippen molar-refractivity contribution in [3.8, 4) is 5.75 Å². The summed E-state index contributed by atoms with van der Waals surface area (Å²) in [7, 11) is -3.77. The molecule has 9 heteroatoms. The third-order valence-electron chi connectivity index (χ3n) is 5.00. The van der Waals surface area contributed by atoms with Crippen LogP contribution in [0.25, 0.3) is 10.9 Å². The van der Waals surface area contributed by atoms with Crippen molar-refractivity contribution in [3.05, 3.63) is 71.4 Å². The molecule has 160 valence electrons. The number of carbonyl (C=O) groups is 1. The molecular formula is C22H21N3O4S2. The zero-order chi connectivity index (χ0) is 22.2. The molecular weight excluding hydrogens is 434 g/mol. The van der Waals surface area contributed by atoms with Crippen molar-refractivity contribution >= 4 is 43.3 Å². The minimum atomic E-state index is -3.77. The zero-order valence-electron chi connectivity index (χ0n) is 17.2. The van der Waals surface area contributed by atoms with Crippen LogP contribution in [-0.2, 0) is 10.0 Å². The van der Waals surface area contributed by atoms with Gasteiger partial charge in [-0.25, -0.2) is 13.4 Å². The number of fused-ring (bicyclic) bond motifs is 1. The van der Waals surface area contributed by atoms with Gasteiger partial charge in [-0.05, 0) is 68.3 Å². The standard InChI is InChI=1S/C22H21N3O4S2/c1-14-4-5-18(12-15(14)2)29-16(3)21(26)25-10-8-17-13-19(6-7-20(17)25)31(27,28)24-22-23-9-11-30-22/h4-13,16H,1-3H3,(H,23,24). The lowest BCUT2D eigenvalue weighted by molar-refractivity contribution is 0.0733. The van der Waals surface area contributed by atoms with Crippen molar-refractivity contribution in [2.75, 3.05) is 4.72 Å². The van der Waals surface area contributed by atoms with Crippen LogP contribution in [0.4, 0.5) is 5.13 Å². The van der Waals surface area contributed by atoms with E-state index in [2.05, 4.69) is 9.71 Å². The smallest absolute Gasteiger partial charge is 0.271 e. The average molecular weight is 456 g/mol. The van der Waals surface area contributed by atoms with Crippen LogP contribution >= 0.6 is 11.3 Å². The highest BCUT2D eigenvalue weighted by molar-refractivity contribution is 7.93. The highest BCUT2D eigenvalue weighted by atomic mass is 32.2. The summed E-state index contributed by atoms with van der Waals surface area (Å²) >= 11 is 1.20. The highest BCUT2D eigenvalue weighted by Gasteiger charge is 2.21. The molecule has 0 saturated carbocycles. The summed E-state index contributed by atoms with van der Waals surface area (Å²) in [6.45, 7) is 5.70. The maximum absolute atomic E-state index is 13.0. The second kappa shape index (κ2) is 8.16. The van der Waals surface area contributed by atoms with E-state index in [0.29, 0.717) is 21.8 Å². The van der Waals surface area contributed by atoms with Crippen molar-refractivity contribution in [3.63, 3.8) is 0 Å². The second-order valence-corrected chi connectivity index (χ2v) is 9.77. The van der Waals surface area contributed by atoms with E-state index in [-0.39, 0.29) is 10.8 Å². The molecule has 2 aromatic heterocycles. The van der Waals surface area contributed by atoms with Crippen molar-refractivity contribution in [1.82, 2.24) is 9.55 Å². The summed E-state index contributed by atoms with van der Waals surface area (Å²) in [4.78, 5) is 17.0. The van der Waals surface area contributed by atoms with E-state index in [9.17, 15) is 13.2 Å². The second-order valence-electron chi connectivity index (χ2n) is 7.19. The molecule has 1 N–H and O–H groups in total. The van der Waals surface area contributed by atoms with Crippen molar-refractivity contribution in [2.24, 2.45) is 0 Å². The third kappa shape index (κ3) is 4.33. The van der Waals surface area contributed by atoms with Crippen molar-refractivity contribution < 1.29 is 17.9 Å². The van der Waals surface area contributed by atoms with Gasteiger partial charge in [-0.2, -0.15) is 0 Å². The van der Waals surface area contributed by atoms with Gasteiger partial charge in [-0.1, -0.05) is 6.07 Å². The normalized spacial score (nSPS) is 12.6. The number of aromatic nitrogens is 2. The first-order valence-electron chi connectivity index (χ1n) is 9.56. The predicted molar refractivity (Wildman–Crippen MR) is 121 cm³/mol. The van der Waals surface area contributed by atoms with Gasteiger partial charge in [-0.15, -0.1) is 11.3 Å². The number of anilines is 1. The Morgan fingerprint density at radius 2 is 1.94 bits per heavy atom. The molecule has 7 nitrogen and oxygen atoms in total. The Balaban J connectivity index is 1.57. The van der Waals surface area contributed by atoms with Gasteiger partial charge in [0, 0.05) is 23.2 Å². The van der Waals surface area contributed by atoms with Gasteiger partial charge >= 0.3 is 0 Å². The Bertz CT molecular complexity index is 1360. The molecule has 0 aliphatic carbocycles. The van der Waals surface area contributed by atoms with Crippen LogP contribution in [0.5, 0.6) is 5.75 Å². The molecule has 0 fully saturated rings. The number of rotatable bonds is 6. The number of carbonyl (C=O) groups excluding carboxylic acids is 1. The van der Waals surface area contributed by atoms with Crippen LogP contribution < -0.4 is 9.46 Å². The lowest BCUT2D eigenvalue weighted by Gasteiger charge is -2.16. The summed E-state index contributed by atoms with van der Waals surface area (Å²) in [6, 6.07) is 12.0. The van der Waals surface area contributed by atoms with Crippen LogP contribution in [0.3, 0.4) is 0 Å². The van der Waals surface area contributed by atoms with Crippen LogP contribution in [0.2, 0.25) is 0 Å². The van der Waals surface area contributed by atoms with Gasteiger partial charge in [-0.3, -0.25) is 14.1 Å². The largest absolute Gasteiger partial charge is 0.481 e. The first-order valence-corrected chi connectivity index (χ1v) is 11.9. The highest BCUT2D eigenvalue weighted by Crippen LogP contribution is 2.24. The molecule has 4 aromatic rings. The lowest BCUT2D eigenvalue weighted by atomic mass is 10.1. The number of aryl methyl sites for hydroxylation is 2. The average Bonchev–Trinajstić information content (AvgIpc) is 3.39. The molecule has 1 atom stereocenters. The number of ether oxygens (including phenoxy) is 1. The molecule has 0 aliphatic rings. The quantitative estimate of drug-likeness (QED) is 0.458. The van der Waals surface area contributed by atoms with Gasteiger partial charge in [0.25, 0.3) is 15.9 Å². The van der Waals surface area contributed by atoms with Gasteiger partial charge in [0.05, 0.1) is 10.4 Å². The monoisotopic (exact) mass is 455 g/mol. The maximum atomic E-state index is 13.0. The topological polar surface area (TPSA) is 90.3 Å². The molecule has 2 aromatic carbocycles. The summed E-state index contributed by atoms with van der Waals surface area (Å²) < 4.78 is 35.0. The Kier molecular flexibility index (Phi) is 5.55. The number of benzene rings is 2. The first kappa shape index (κ1) is 21.1. The van der Waals surface area contributed by atoms with Gasteiger partial charge in [0.15, 0.2) is 11.2 Å². The van der Waals surface area contributed by atoms with E-state index >= 15 is 0 Å². The maximum Gasteiger partial charge on any atom is 0.271 e. The summed E-state index contributed by atoms with van der Waals surface area (Å²) in [6.07, 6.45) is 2.43. The van der Waals surface area contributed by atoms with E-state index in [1.54, 1.807) is 30.6 Å². The van der Waals surface area contributed by atoms with E-state index in [0.717, 1.165) is 11.1 Å². The molecule has 1 unspecified atom stereocenters. The summed E-state index contributed by atoms with van der Waals surface area (Å²) in [5, 5.41) is 2.62. The van der Waals surface area contributed by atoms with Gasteiger partial charge in [0.1, 0.15) is 5.75 Å². The molecule has 0 amide bonds. The van der Waals surface area contributed by atoms with Gasteiger partial charge in [0.2, 0.25) is 0 Å². The fourth-order valence-corrected chi connectivity index (χ4v) is 4.99. The minimum absolute atomic E-state index is 0.0971. The number of nitrogens with zero attached hydrogens (tertiary/aromatic N) is 2. The number of hydrogen-bond acceptors (Lipinski definition) is 6. The number of sulfonamides is 1. The van der Waals surface area contributed by atoms with Crippen LogP contribution in [0.1, 0.15) is 22.8 Å². The van der Waals surface area contributed by atoms with Gasteiger partial charge < -0.3 is 4.74 Å². The van der Waals surface area contributed by atoms with E-state index in [1.165, 1.54) is 34.2 Å². The Morgan fingerprint density at radius 1 is 1.13 bits per heavy atom. The van der Waals surface area contributed by atoms with E-state index in [1.807, 2.05) is 32.0 Å². The number of hydrogen-bond donors (Lipinski definition) is 1. The van der Waals surface area contributed by atoms with Crippen LogP contribution in [-0.4, -0.2) is 30.0 Å². The first-order chi connectivity index (χ1) is 14.7. The van der Waals surface area contributed by atoms with Crippen molar-refractivity contribution in [1.29, 1.82) is 0 Å². The fourth-order valence-electron chi connectivity index (χ4n) is 3.17. The Hall–Kier alpha value is -3.17. The lowest BCUT2D eigenvalue weighted by Crippen LogP contribution is -2.28. The summed E-state index contributed by atoms with van der Waals surface area (Å²) in [5.41, 5.74) is 2.84.